The zero-order valence-corrected chi connectivity index (χ0v) is 15.0. The van der Waals surface area contributed by atoms with Gasteiger partial charge in [-0.25, -0.2) is 0 Å². The van der Waals surface area contributed by atoms with Crippen LogP contribution in [0.3, 0.4) is 0 Å². The second-order valence-corrected chi connectivity index (χ2v) is 7.23. The summed E-state index contributed by atoms with van der Waals surface area (Å²) < 4.78 is 0. The molecule has 1 saturated heterocycles. The molecule has 1 aromatic rings. The first-order chi connectivity index (χ1) is 10.8. The maximum absolute atomic E-state index is 12.9. The molecule has 1 amide bonds. The molecule has 130 valence electrons. The van der Waals surface area contributed by atoms with E-state index in [1.165, 1.54) is 0 Å². The molecule has 0 aromatic carbocycles. The van der Waals surface area contributed by atoms with Crippen LogP contribution in [0.1, 0.15) is 56.6 Å². The monoisotopic (exact) mass is 322 g/mol. The normalized spacial score (nSPS) is 23.3. The summed E-state index contributed by atoms with van der Waals surface area (Å²) >= 11 is 0. The molecule has 1 aromatic heterocycles. The van der Waals surface area contributed by atoms with Gasteiger partial charge in [-0.1, -0.05) is 13.8 Å². The largest absolute Gasteiger partial charge is 0.389 e. The minimum atomic E-state index is -0.723. The van der Waals surface area contributed by atoms with Crippen molar-refractivity contribution in [2.24, 2.45) is 0 Å². The van der Waals surface area contributed by atoms with E-state index in [2.05, 4.69) is 28.9 Å². The van der Waals surface area contributed by atoms with E-state index < -0.39 is 5.60 Å². The quantitative estimate of drug-likeness (QED) is 0.867. The SMILES string of the molecule is CCC1CN(C(=O)c2cn[nH]c2C)C(CC)CN1CC(C)(C)O. The zero-order valence-electron chi connectivity index (χ0n) is 15.0. The standard InChI is InChI=1S/C17H30N4O2/c1-6-13-10-21(16(22)15-8-18-19-12(15)3)14(7-2)9-20(13)11-17(4,5)23/h8,13-14,23H,6-7,9-11H2,1-5H3,(H,18,19). The lowest BCUT2D eigenvalue weighted by atomic mass is 9.98. The molecule has 2 atom stereocenters. The van der Waals surface area contributed by atoms with Gasteiger partial charge in [0.1, 0.15) is 0 Å². The number of carbonyl (C=O) groups is 1. The molecule has 0 bridgehead atoms. The molecular formula is C17H30N4O2. The first-order valence-corrected chi connectivity index (χ1v) is 8.54. The highest BCUT2D eigenvalue weighted by Crippen LogP contribution is 2.24. The Kier molecular flexibility index (Phi) is 5.47. The van der Waals surface area contributed by atoms with Crippen molar-refractivity contribution in [3.8, 4) is 0 Å². The van der Waals surface area contributed by atoms with Gasteiger partial charge < -0.3 is 10.0 Å². The fourth-order valence-electron chi connectivity index (χ4n) is 3.41. The van der Waals surface area contributed by atoms with Crippen LogP contribution in [0.15, 0.2) is 6.20 Å². The summed E-state index contributed by atoms with van der Waals surface area (Å²) in [5, 5.41) is 17.0. The molecule has 0 aliphatic carbocycles. The predicted octanol–water partition coefficient (Wildman–Crippen LogP) is 1.80. The van der Waals surface area contributed by atoms with Gasteiger partial charge in [0.05, 0.1) is 17.4 Å². The van der Waals surface area contributed by atoms with Crippen molar-refractivity contribution in [1.29, 1.82) is 0 Å². The number of nitrogens with one attached hydrogen (secondary N) is 1. The van der Waals surface area contributed by atoms with E-state index in [-0.39, 0.29) is 18.0 Å². The number of aryl methyl sites for hydroxylation is 1. The number of aliphatic hydroxyl groups is 1. The number of hydrogen-bond acceptors (Lipinski definition) is 4. The van der Waals surface area contributed by atoms with E-state index in [0.29, 0.717) is 18.7 Å². The van der Waals surface area contributed by atoms with Gasteiger partial charge in [-0.15, -0.1) is 0 Å². The highest BCUT2D eigenvalue weighted by molar-refractivity contribution is 5.95. The number of piperazine rings is 1. The van der Waals surface area contributed by atoms with Gasteiger partial charge in [0.2, 0.25) is 0 Å². The van der Waals surface area contributed by atoms with E-state index in [4.69, 9.17) is 0 Å². The summed E-state index contributed by atoms with van der Waals surface area (Å²) in [7, 11) is 0. The topological polar surface area (TPSA) is 72.5 Å². The molecule has 2 rings (SSSR count). The number of hydrogen-bond donors (Lipinski definition) is 2. The van der Waals surface area contributed by atoms with Gasteiger partial charge in [0, 0.05) is 37.4 Å². The smallest absolute Gasteiger partial charge is 0.257 e. The number of rotatable bonds is 5. The Morgan fingerprint density at radius 3 is 2.48 bits per heavy atom. The van der Waals surface area contributed by atoms with Gasteiger partial charge >= 0.3 is 0 Å². The van der Waals surface area contributed by atoms with E-state index in [1.807, 2.05) is 25.7 Å². The summed E-state index contributed by atoms with van der Waals surface area (Å²) in [4.78, 5) is 17.2. The van der Waals surface area contributed by atoms with Crippen LogP contribution in [0.25, 0.3) is 0 Å². The molecule has 23 heavy (non-hydrogen) atoms. The summed E-state index contributed by atoms with van der Waals surface area (Å²) in [6.45, 7) is 12.0. The zero-order chi connectivity index (χ0) is 17.2. The van der Waals surface area contributed by atoms with Crippen LogP contribution in [0, 0.1) is 6.92 Å². The Morgan fingerprint density at radius 1 is 1.35 bits per heavy atom. The molecule has 0 radical (unpaired) electrons. The summed E-state index contributed by atoms with van der Waals surface area (Å²) in [6.07, 6.45) is 3.48. The van der Waals surface area contributed by atoms with Gasteiger partial charge in [-0.2, -0.15) is 5.10 Å². The van der Waals surface area contributed by atoms with Crippen molar-refractivity contribution in [2.75, 3.05) is 19.6 Å². The highest BCUT2D eigenvalue weighted by atomic mass is 16.3. The number of nitrogens with zero attached hydrogens (tertiary/aromatic N) is 3. The third-order valence-corrected chi connectivity index (χ3v) is 4.66. The molecular weight excluding hydrogens is 292 g/mol. The van der Waals surface area contributed by atoms with Crippen LogP contribution < -0.4 is 0 Å². The van der Waals surface area contributed by atoms with Crippen molar-refractivity contribution in [3.05, 3.63) is 17.5 Å². The molecule has 2 N–H and O–H groups in total. The number of β-amino-alcohol motifs (C(OH)–C–C–N with tert-alkyl or cyclic N) is 1. The molecule has 1 aliphatic rings. The Morgan fingerprint density at radius 2 is 2.00 bits per heavy atom. The summed E-state index contributed by atoms with van der Waals surface area (Å²) in [6, 6.07) is 0.447. The molecule has 2 unspecified atom stereocenters. The van der Waals surface area contributed by atoms with Crippen molar-refractivity contribution in [1.82, 2.24) is 20.0 Å². The lowest BCUT2D eigenvalue weighted by Crippen LogP contribution is -2.61. The Balaban J connectivity index is 2.19. The van der Waals surface area contributed by atoms with Crippen molar-refractivity contribution in [2.45, 2.75) is 65.1 Å². The average molecular weight is 322 g/mol. The molecule has 6 heteroatoms. The van der Waals surface area contributed by atoms with Gasteiger partial charge in [0.25, 0.3) is 5.91 Å². The highest BCUT2D eigenvalue weighted by Gasteiger charge is 2.37. The van der Waals surface area contributed by atoms with E-state index >= 15 is 0 Å². The molecule has 0 saturated carbocycles. The van der Waals surface area contributed by atoms with Crippen LogP contribution in [-0.2, 0) is 0 Å². The third kappa shape index (κ3) is 4.12. The molecule has 0 spiro atoms. The van der Waals surface area contributed by atoms with Crippen LogP contribution in [0.4, 0.5) is 0 Å². The summed E-state index contributed by atoms with van der Waals surface area (Å²) in [5.74, 6) is 0.0597. The maximum Gasteiger partial charge on any atom is 0.257 e. The average Bonchev–Trinajstić information content (AvgIpc) is 2.90. The molecule has 2 heterocycles. The summed E-state index contributed by atoms with van der Waals surface area (Å²) in [5.41, 5.74) is 0.755. The number of amides is 1. The Labute approximate surface area is 138 Å². The first kappa shape index (κ1) is 17.9. The molecule has 1 fully saturated rings. The Bertz CT molecular complexity index is 535. The molecule has 6 nitrogen and oxygen atoms in total. The van der Waals surface area contributed by atoms with Crippen molar-refractivity contribution >= 4 is 5.91 Å². The van der Waals surface area contributed by atoms with E-state index in [0.717, 1.165) is 25.1 Å². The van der Waals surface area contributed by atoms with Crippen LogP contribution in [-0.4, -0.2) is 68.3 Å². The Hall–Kier alpha value is -1.40. The number of carbonyl (C=O) groups excluding carboxylic acids is 1. The maximum atomic E-state index is 12.9. The number of aromatic nitrogens is 2. The minimum Gasteiger partial charge on any atom is -0.389 e. The second-order valence-electron chi connectivity index (χ2n) is 7.23. The predicted molar refractivity (Wildman–Crippen MR) is 90.4 cm³/mol. The minimum absolute atomic E-state index is 0.0597. The lowest BCUT2D eigenvalue weighted by molar-refractivity contribution is -0.0237. The number of H-pyrrole nitrogens is 1. The van der Waals surface area contributed by atoms with Crippen LogP contribution in [0.2, 0.25) is 0 Å². The van der Waals surface area contributed by atoms with E-state index in [1.54, 1.807) is 6.20 Å². The second kappa shape index (κ2) is 7.01. The first-order valence-electron chi connectivity index (χ1n) is 8.54. The van der Waals surface area contributed by atoms with Crippen LogP contribution >= 0.6 is 0 Å². The van der Waals surface area contributed by atoms with Gasteiger partial charge in [-0.3, -0.25) is 14.8 Å². The van der Waals surface area contributed by atoms with Gasteiger partial charge in [0.15, 0.2) is 0 Å². The third-order valence-electron chi connectivity index (χ3n) is 4.66. The molecule has 1 aliphatic heterocycles. The van der Waals surface area contributed by atoms with Crippen LogP contribution in [0.5, 0.6) is 0 Å². The lowest BCUT2D eigenvalue weighted by Gasteiger charge is -2.47. The fraction of sp³-hybridized carbons (Fsp3) is 0.765. The van der Waals surface area contributed by atoms with Gasteiger partial charge in [-0.05, 0) is 33.6 Å². The fourth-order valence-corrected chi connectivity index (χ4v) is 3.41. The van der Waals surface area contributed by atoms with E-state index in [9.17, 15) is 9.90 Å². The van der Waals surface area contributed by atoms with Crippen molar-refractivity contribution < 1.29 is 9.90 Å². The van der Waals surface area contributed by atoms with Crippen molar-refractivity contribution in [3.63, 3.8) is 0 Å². The number of aromatic amines is 1.